The summed E-state index contributed by atoms with van der Waals surface area (Å²) in [7, 11) is 1.35. The zero-order valence-corrected chi connectivity index (χ0v) is 8.56. The molecule has 0 aliphatic rings. The zero-order valence-electron chi connectivity index (χ0n) is 7.74. The van der Waals surface area contributed by atoms with E-state index in [0.29, 0.717) is 6.42 Å². The smallest absolute Gasteiger partial charge is 0.323 e. The van der Waals surface area contributed by atoms with Crippen LogP contribution in [-0.2, 0) is 16.0 Å². The first kappa shape index (κ1) is 10.2. The quantitative estimate of drug-likeness (QED) is 0.742. The first-order valence-electron chi connectivity index (χ1n) is 4.01. The number of aryl methyl sites for hydroxylation is 1. The maximum absolute atomic E-state index is 11.0. The van der Waals surface area contributed by atoms with Crippen molar-refractivity contribution in [2.45, 2.75) is 19.4 Å². The fraction of sp³-hybridized carbons (Fsp3) is 0.444. The molecule has 0 bridgehead atoms. The van der Waals surface area contributed by atoms with Crippen LogP contribution in [0.3, 0.4) is 0 Å². The number of hydrogen-bond donors (Lipinski definition) is 1. The summed E-state index contributed by atoms with van der Waals surface area (Å²) in [4.78, 5) is 12.2. The van der Waals surface area contributed by atoms with Crippen LogP contribution in [0.4, 0.5) is 0 Å². The second-order valence-corrected chi connectivity index (χ2v) is 3.86. The van der Waals surface area contributed by atoms with Gasteiger partial charge in [0.25, 0.3) is 0 Å². The molecule has 0 aliphatic heterocycles. The van der Waals surface area contributed by atoms with E-state index in [9.17, 15) is 4.79 Å². The molecule has 72 valence electrons. The standard InChI is InChI=1S/C9H13NO2S/c1-6-3-4-13-8(6)5-7(10)9(11)12-2/h3-4,7H,5,10H2,1-2H3/t7-/m1/s1. The second kappa shape index (κ2) is 4.39. The molecule has 1 atom stereocenters. The van der Waals surface area contributed by atoms with Crippen LogP contribution in [-0.4, -0.2) is 19.1 Å². The van der Waals surface area contributed by atoms with Crippen LogP contribution >= 0.6 is 11.3 Å². The summed E-state index contributed by atoms with van der Waals surface area (Å²) in [6.45, 7) is 2.01. The molecular formula is C9H13NO2S. The van der Waals surface area contributed by atoms with Gasteiger partial charge < -0.3 is 10.5 Å². The molecule has 13 heavy (non-hydrogen) atoms. The molecule has 1 heterocycles. The van der Waals surface area contributed by atoms with Crippen molar-refractivity contribution in [2.75, 3.05) is 7.11 Å². The Hall–Kier alpha value is -0.870. The van der Waals surface area contributed by atoms with Crippen LogP contribution in [0.2, 0.25) is 0 Å². The van der Waals surface area contributed by atoms with E-state index < -0.39 is 6.04 Å². The molecule has 0 aromatic carbocycles. The lowest BCUT2D eigenvalue weighted by Crippen LogP contribution is -2.33. The SMILES string of the molecule is COC(=O)[C@H](N)Cc1sccc1C. The van der Waals surface area contributed by atoms with Crippen molar-refractivity contribution in [1.29, 1.82) is 0 Å². The molecule has 0 unspecified atom stereocenters. The van der Waals surface area contributed by atoms with E-state index in [2.05, 4.69) is 4.74 Å². The van der Waals surface area contributed by atoms with Crippen LogP contribution in [0.1, 0.15) is 10.4 Å². The van der Waals surface area contributed by atoms with Gasteiger partial charge >= 0.3 is 5.97 Å². The molecule has 0 amide bonds. The Kier molecular flexibility index (Phi) is 3.45. The summed E-state index contributed by atoms with van der Waals surface area (Å²) in [5.41, 5.74) is 6.80. The molecule has 2 N–H and O–H groups in total. The number of thiophene rings is 1. The van der Waals surface area contributed by atoms with Crippen LogP contribution in [0, 0.1) is 6.92 Å². The summed E-state index contributed by atoms with van der Waals surface area (Å²) >= 11 is 1.62. The topological polar surface area (TPSA) is 52.3 Å². The number of nitrogens with two attached hydrogens (primary N) is 1. The van der Waals surface area contributed by atoms with Gasteiger partial charge in [0.1, 0.15) is 6.04 Å². The van der Waals surface area contributed by atoms with E-state index in [1.165, 1.54) is 12.7 Å². The van der Waals surface area contributed by atoms with Crippen molar-refractivity contribution in [2.24, 2.45) is 5.73 Å². The zero-order chi connectivity index (χ0) is 9.84. The molecule has 4 heteroatoms. The lowest BCUT2D eigenvalue weighted by molar-refractivity contribution is -0.142. The molecule has 0 radical (unpaired) electrons. The Morgan fingerprint density at radius 3 is 2.92 bits per heavy atom. The normalized spacial score (nSPS) is 12.5. The number of methoxy groups -OCH3 is 1. The van der Waals surface area contributed by atoms with Gasteiger partial charge in [-0.1, -0.05) is 0 Å². The largest absolute Gasteiger partial charge is 0.468 e. The van der Waals surface area contributed by atoms with E-state index in [1.807, 2.05) is 18.4 Å². The van der Waals surface area contributed by atoms with E-state index in [0.717, 1.165) is 4.88 Å². The number of ether oxygens (including phenoxy) is 1. The fourth-order valence-corrected chi connectivity index (χ4v) is 2.01. The lowest BCUT2D eigenvalue weighted by atomic mass is 10.1. The molecule has 1 aromatic heterocycles. The van der Waals surface area contributed by atoms with Gasteiger partial charge in [-0.25, -0.2) is 0 Å². The van der Waals surface area contributed by atoms with Gasteiger partial charge in [0.05, 0.1) is 7.11 Å². The molecule has 0 saturated heterocycles. The van der Waals surface area contributed by atoms with Crippen LogP contribution in [0.5, 0.6) is 0 Å². The third-order valence-electron chi connectivity index (χ3n) is 1.88. The van der Waals surface area contributed by atoms with E-state index in [1.54, 1.807) is 11.3 Å². The molecule has 0 spiro atoms. The average molecular weight is 199 g/mol. The summed E-state index contributed by atoms with van der Waals surface area (Å²) in [5.74, 6) is -0.354. The van der Waals surface area contributed by atoms with E-state index in [-0.39, 0.29) is 5.97 Å². The predicted molar refractivity (Wildman–Crippen MR) is 52.8 cm³/mol. The Labute approximate surface area is 81.5 Å². The van der Waals surface area contributed by atoms with E-state index >= 15 is 0 Å². The summed E-state index contributed by atoms with van der Waals surface area (Å²) in [6, 6.07) is 1.48. The molecule has 0 saturated carbocycles. The Morgan fingerprint density at radius 1 is 1.77 bits per heavy atom. The molecule has 0 aliphatic carbocycles. The van der Waals surface area contributed by atoms with Crippen LogP contribution < -0.4 is 5.73 Å². The summed E-state index contributed by atoms with van der Waals surface area (Å²) < 4.78 is 4.54. The minimum absolute atomic E-state index is 0.354. The molecular weight excluding hydrogens is 186 g/mol. The van der Waals surface area contributed by atoms with Gasteiger partial charge in [0, 0.05) is 11.3 Å². The number of esters is 1. The lowest BCUT2D eigenvalue weighted by Gasteiger charge is -2.07. The highest BCUT2D eigenvalue weighted by Gasteiger charge is 2.15. The Morgan fingerprint density at radius 2 is 2.46 bits per heavy atom. The summed E-state index contributed by atoms with van der Waals surface area (Å²) in [5, 5.41) is 1.99. The van der Waals surface area contributed by atoms with Crippen LogP contribution in [0.25, 0.3) is 0 Å². The van der Waals surface area contributed by atoms with Gasteiger partial charge in [-0.2, -0.15) is 0 Å². The minimum atomic E-state index is -0.539. The monoisotopic (exact) mass is 199 g/mol. The minimum Gasteiger partial charge on any atom is -0.468 e. The van der Waals surface area contributed by atoms with Crippen LogP contribution in [0.15, 0.2) is 11.4 Å². The average Bonchev–Trinajstić information content (AvgIpc) is 2.50. The highest BCUT2D eigenvalue weighted by Crippen LogP contribution is 2.17. The van der Waals surface area contributed by atoms with E-state index in [4.69, 9.17) is 5.73 Å². The fourth-order valence-electron chi connectivity index (χ4n) is 1.05. The first-order chi connectivity index (χ1) is 6.15. The molecule has 0 fully saturated rings. The van der Waals surface area contributed by atoms with Gasteiger partial charge in [0.15, 0.2) is 0 Å². The van der Waals surface area contributed by atoms with Gasteiger partial charge in [-0.05, 0) is 23.9 Å². The highest BCUT2D eigenvalue weighted by atomic mass is 32.1. The molecule has 1 aromatic rings. The van der Waals surface area contributed by atoms with Crippen molar-refractivity contribution in [3.8, 4) is 0 Å². The third kappa shape index (κ3) is 2.54. The number of rotatable bonds is 3. The van der Waals surface area contributed by atoms with Crippen molar-refractivity contribution in [3.63, 3.8) is 0 Å². The van der Waals surface area contributed by atoms with Crippen molar-refractivity contribution >= 4 is 17.3 Å². The third-order valence-corrected chi connectivity index (χ3v) is 2.92. The highest BCUT2D eigenvalue weighted by molar-refractivity contribution is 7.10. The number of carbonyl (C=O) groups is 1. The van der Waals surface area contributed by atoms with Crippen molar-refractivity contribution in [1.82, 2.24) is 0 Å². The number of hydrogen-bond acceptors (Lipinski definition) is 4. The van der Waals surface area contributed by atoms with Crippen molar-refractivity contribution < 1.29 is 9.53 Å². The maximum atomic E-state index is 11.0. The van der Waals surface area contributed by atoms with Crippen molar-refractivity contribution in [3.05, 3.63) is 21.9 Å². The Bertz CT molecular complexity index is 296. The Balaban J connectivity index is 2.59. The first-order valence-corrected chi connectivity index (χ1v) is 4.89. The second-order valence-electron chi connectivity index (χ2n) is 2.86. The maximum Gasteiger partial charge on any atom is 0.323 e. The van der Waals surface area contributed by atoms with Gasteiger partial charge in [-0.3, -0.25) is 4.79 Å². The van der Waals surface area contributed by atoms with Gasteiger partial charge in [-0.15, -0.1) is 11.3 Å². The molecule has 1 rings (SSSR count). The summed E-state index contributed by atoms with van der Waals surface area (Å²) in [6.07, 6.45) is 0.566. The number of carbonyl (C=O) groups excluding carboxylic acids is 1. The predicted octanol–water partition coefficient (Wildman–Crippen LogP) is 1.10. The molecule has 3 nitrogen and oxygen atoms in total. The van der Waals surface area contributed by atoms with Gasteiger partial charge in [0.2, 0.25) is 0 Å².